The lowest BCUT2D eigenvalue weighted by atomic mass is 10.2. The Morgan fingerprint density at radius 3 is 2.47 bits per heavy atom. The smallest absolute Gasteiger partial charge is 0.347 e. The molecular formula is C9H4Br2O2S2. The summed E-state index contributed by atoms with van der Waals surface area (Å²) in [5, 5.41) is 12.7. The van der Waals surface area contributed by atoms with Crippen molar-refractivity contribution in [2.24, 2.45) is 0 Å². The monoisotopic (exact) mass is 366 g/mol. The molecule has 0 radical (unpaired) electrons. The van der Waals surface area contributed by atoms with E-state index in [-0.39, 0.29) is 0 Å². The molecule has 2 nitrogen and oxygen atoms in total. The molecule has 2 aromatic heterocycles. The van der Waals surface area contributed by atoms with E-state index in [0.717, 1.165) is 14.9 Å². The second-order valence-corrected chi connectivity index (χ2v) is 6.23. The van der Waals surface area contributed by atoms with Crippen LogP contribution < -0.4 is 0 Å². The van der Waals surface area contributed by atoms with E-state index in [1.165, 1.54) is 11.3 Å². The topological polar surface area (TPSA) is 37.3 Å². The Hall–Kier alpha value is -0.170. The molecule has 15 heavy (non-hydrogen) atoms. The Bertz CT molecular complexity index is 516. The van der Waals surface area contributed by atoms with Crippen LogP contribution in [0.1, 0.15) is 9.67 Å². The molecule has 0 aliphatic carbocycles. The molecule has 0 aliphatic heterocycles. The molecule has 0 amide bonds. The van der Waals surface area contributed by atoms with Gasteiger partial charge >= 0.3 is 5.97 Å². The van der Waals surface area contributed by atoms with E-state index in [2.05, 4.69) is 31.9 Å². The van der Waals surface area contributed by atoms with Crippen molar-refractivity contribution in [2.75, 3.05) is 0 Å². The van der Waals surface area contributed by atoms with E-state index in [1.54, 1.807) is 11.3 Å². The number of halogens is 2. The first-order valence-electron chi connectivity index (χ1n) is 3.84. The van der Waals surface area contributed by atoms with Crippen LogP contribution in [0, 0.1) is 0 Å². The summed E-state index contributed by atoms with van der Waals surface area (Å²) in [5.41, 5.74) is 0.938. The number of hydrogen-bond acceptors (Lipinski definition) is 3. The van der Waals surface area contributed by atoms with Crippen molar-refractivity contribution in [1.29, 1.82) is 0 Å². The van der Waals surface area contributed by atoms with Gasteiger partial charge in [0, 0.05) is 25.7 Å². The number of thiophene rings is 2. The van der Waals surface area contributed by atoms with E-state index in [4.69, 9.17) is 5.11 Å². The summed E-state index contributed by atoms with van der Waals surface area (Å²) in [6.07, 6.45) is 0. The summed E-state index contributed by atoms with van der Waals surface area (Å²) in [4.78, 5) is 12.2. The normalized spacial score (nSPS) is 10.5. The highest BCUT2D eigenvalue weighted by atomic mass is 79.9. The van der Waals surface area contributed by atoms with Crippen LogP contribution in [0.25, 0.3) is 10.4 Å². The van der Waals surface area contributed by atoms with Gasteiger partial charge in [0.1, 0.15) is 4.88 Å². The third-order valence-corrected chi connectivity index (χ3v) is 5.54. The standard InChI is InChI=1S/C9H4Br2O2S2/c10-4-1-6(14-2-4)5-3-15-8(7(5)11)9(12)13/h1-3H,(H,12,13). The number of hydrogen-bond donors (Lipinski definition) is 1. The SMILES string of the molecule is O=C(O)c1scc(-c2cc(Br)cs2)c1Br. The van der Waals surface area contributed by atoms with Crippen LogP contribution in [-0.4, -0.2) is 11.1 Å². The van der Waals surface area contributed by atoms with Crippen LogP contribution >= 0.6 is 54.5 Å². The molecule has 0 atom stereocenters. The van der Waals surface area contributed by atoms with Gasteiger partial charge in [0.2, 0.25) is 0 Å². The maximum atomic E-state index is 10.8. The number of carbonyl (C=O) groups is 1. The van der Waals surface area contributed by atoms with Gasteiger partial charge in [0.25, 0.3) is 0 Å². The van der Waals surface area contributed by atoms with E-state index >= 15 is 0 Å². The Morgan fingerprint density at radius 2 is 2.00 bits per heavy atom. The predicted molar refractivity (Wildman–Crippen MR) is 70.0 cm³/mol. The first-order chi connectivity index (χ1) is 7.09. The molecule has 0 bridgehead atoms. The molecule has 0 aromatic carbocycles. The number of carboxylic acid groups (broad SMARTS) is 1. The van der Waals surface area contributed by atoms with Crippen LogP contribution in [0.2, 0.25) is 0 Å². The maximum Gasteiger partial charge on any atom is 0.347 e. The van der Waals surface area contributed by atoms with Gasteiger partial charge in [-0.1, -0.05) is 0 Å². The van der Waals surface area contributed by atoms with E-state index in [1.807, 2.05) is 16.8 Å². The van der Waals surface area contributed by atoms with E-state index < -0.39 is 5.97 Å². The molecule has 0 spiro atoms. The third kappa shape index (κ3) is 2.18. The van der Waals surface area contributed by atoms with Gasteiger partial charge in [0.05, 0.1) is 4.47 Å². The van der Waals surface area contributed by atoms with Crippen LogP contribution in [-0.2, 0) is 0 Å². The fourth-order valence-electron chi connectivity index (χ4n) is 1.11. The Kier molecular flexibility index (Phi) is 3.30. The van der Waals surface area contributed by atoms with Crippen LogP contribution in [0.15, 0.2) is 25.8 Å². The van der Waals surface area contributed by atoms with Crippen molar-refractivity contribution in [3.63, 3.8) is 0 Å². The molecule has 0 aliphatic rings. The molecule has 2 heterocycles. The van der Waals surface area contributed by atoms with Gasteiger partial charge in [0.15, 0.2) is 0 Å². The van der Waals surface area contributed by atoms with Crippen molar-refractivity contribution in [1.82, 2.24) is 0 Å². The highest BCUT2D eigenvalue weighted by Crippen LogP contribution is 2.39. The summed E-state index contributed by atoms with van der Waals surface area (Å²) in [7, 11) is 0. The van der Waals surface area contributed by atoms with Crippen molar-refractivity contribution in [2.45, 2.75) is 0 Å². The first-order valence-corrected chi connectivity index (χ1v) is 7.19. The van der Waals surface area contributed by atoms with Crippen LogP contribution in [0.5, 0.6) is 0 Å². The quantitative estimate of drug-likeness (QED) is 0.835. The molecule has 1 N–H and O–H groups in total. The zero-order chi connectivity index (χ0) is 11.0. The van der Waals surface area contributed by atoms with Crippen LogP contribution in [0.3, 0.4) is 0 Å². The Balaban J connectivity index is 2.50. The van der Waals surface area contributed by atoms with Gasteiger partial charge in [-0.2, -0.15) is 0 Å². The molecule has 0 fully saturated rings. The summed E-state index contributed by atoms with van der Waals surface area (Å²) in [6.45, 7) is 0. The minimum atomic E-state index is -0.895. The molecule has 0 unspecified atom stereocenters. The number of rotatable bonds is 2. The second-order valence-electron chi connectivity index (χ2n) is 2.73. The molecule has 78 valence electrons. The molecular weight excluding hydrogens is 364 g/mol. The average Bonchev–Trinajstić information content (AvgIpc) is 2.71. The third-order valence-electron chi connectivity index (χ3n) is 1.76. The highest BCUT2D eigenvalue weighted by Gasteiger charge is 2.16. The van der Waals surface area contributed by atoms with Crippen molar-refractivity contribution in [3.8, 4) is 10.4 Å². The molecule has 0 saturated heterocycles. The van der Waals surface area contributed by atoms with Gasteiger partial charge in [-0.25, -0.2) is 4.79 Å². The Morgan fingerprint density at radius 1 is 1.27 bits per heavy atom. The van der Waals surface area contributed by atoms with E-state index in [0.29, 0.717) is 9.35 Å². The summed E-state index contributed by atoms with van der Waals surface area (Å²) < 4.78 is 1.67. The largest absolute Gasteiger partial charge is 0.477 e. The second kappa shape index (κ2) is 4.37. The molecule has 2 aromatic rings. The average molecular weight is 368 g/mol. The predicted octanol–water partition coefficient (Wildman–Crippen LogP) is 4.70. The summed E-state index contributed by atoms with van der Waals surface area (Å²) >= 11 is 9.50. The minimum absolute atomic E-state index is 0.342. The fraction of sp³-hybridized carbons (Fsp3) is 0. The lowest BCUT2D eigenvalue weighted by Crippen LogP contribution is -1.92. The fourth-order valence-corrected chi connectivity index (χ4v) is 4.49. The zero-order valence-electron chi connectivity index (χ0n) is 7.16. The lowest BCUT2D eigenvalue weighted by molar-refractivity contribution is 0.0701. The van der Waals surface area contributed by atoms with Gasteiger partial charge < -0.3 is 5.11 Å². The maximum absolute atomic E-state index is 10.8. The highest BCUT2D eigenvalue weighted by molar-refractivity contribution is 9.11. The van der Waals surface area contributed by atoms with Gasteiger partial charge in [-0.3, -0.25) is 0 Å². The van der Waals surface area contributed by atoms with E-state index in [9.17, 15) is 4.79 Å². The van der Waals surface area contributed by atoms with Crippen molar-refractivity contribution in [3.05, 3.63) is 30.6 Å². The van der Waals surface area contributed by atoms with Crippen molar-refractivity contribution < 1.29 is 9.90 Å². The minimum Gasteiger partial charge on any atom is -0.477 e. The van der Waals surface area contributed by atoms with Crippen molar-refractivity contribution >= 4 is 60.5 Å². The lowest BCUT2D eigenvalue weighted by Gasteiger charge is -1.93. The summed E-state index contributed by atoms with van der Waals surface area (Å²) in [6, 6.07) is 1.98. The summed E-state index contributed by atoms with van der Waals surface area (Å²) in [5.74, 6) is -0.895. The number of aromatic carboxylic acids is 1. The molecule has 0 saturated carbocycles. The van der Waals surface area contributed by atoms with Gasteiger partial charge in [-0.05, 0) is 37.9 Å². The Labute approximate surface area is 111 Å². The zero-order valence-corrected chi connectivity index (χ0v) is 12.0. The molecule has 2 rings (SSSR count). The molecule has 6 heteroatoms. The van der Waals surface area contributed by atoms with Gasteiger partial charge in [-0.15, -0.1) is 22.7 Å². The number of carboxylic acids is 1. The van der Waals surface area contributed by atoms with Crippen LogP contribution in [0.4, 0.5) is 0 Å². The first kappa shape index (κ1) is 11.3.